The van der Waals surface area contributed by atoms with Crippen LogP contribution in [0.15, 0.2) is 18.2 Å². The van der Waals surface area contributed by atoms with Gasteiger partial charge < -0.3 is 15.5 Å². The van der Waals surface area contributed by atoms with E-state index in [0.29, 0.717) is 17.8 Å². The molecule has 0 spiro atoms. The highest BCUT2D eigenvalue weighted by atomic mass is 19.4. The van der Waals surface area contributed by atoms with Gasteiger partial charge in [-0.1, -0.05) is 12.5 Å². The van der Waals surface area contributed by atoms with Gasteiger partial charge in [-0.15, -0.1) is 0 Å². The number of rotatable bonds is 8. The molecule has 0 bridgehead atoms. The Morgan fingerprint density at radius 3 is 2.31 bits per heavy atom. The predicted octanol–water partition coefficient (Wildman–Crippen LogP) is 4.45. The lowest BCUT2D eigenvalue weighted by molar-refractivity contribution is -0.141. The summed E-state index contributed by atoms with van der Waals surface area (Å²) >= 11 is 0. The lowest BCUT2D eigenvalue weighted by atomic mass is 10.1. The number of pyridine rings is 1. The van der Waals surface area contributed by atoms with Crippen LogP contribution in [0.5, 0.6) is 0 Å². The SMILES string of the molecule is CC(CN1CCCCC1)Nc1nc(NC(C)C2CC2)nc(-c2cccc(C(F)(F)F)n2)n1. The third kappa shape index (κ3) is 6.05. The molecule has 2 aliphatic rings. The number of alkyl halides is 3. The first-order valence-electron chi connectivity index (χ1n) is 11.3. The van der Waals surface area contributed by atoms with Gasteiger partial charge >= 0.3 is 6.18 Å². The van der Waals surface area contributed by atoms with E-state index < -0.39 is 11.9 Å². The summed E-state index contributed by atoms with van der Waals surface area (Å²) in [5.74, 6) is 1.37. The van der Waals surface area contributed by atoms with Crippen LogP contribution in [0.1, 0.15) is 51.6 Å². The van der Waals surface area contributed by atoms with Gasteiger partial charge in [0.25, 0.3) is 0 Å². The highest BCUT2D eigenvalue weighted by Gasteiger charge is 2.33. The van der Waals surface area contributed by atoms with Crippen LogP contribution >= 0.6 is 0 Å². The second-order valence-corrected chi connectivity index (χ2v) is 8.89. The summed E-state index contributed by atoms with van der Waals surface area (Å²) < 4.78 is 39.5. The second-order valence-electron chi connectivity index (χ2n) is 8.89. The molecule has 2 fully saturated rings. The first kappa shape index (κ1) is 22.7. The number of aromatic nitrogens is 4. The largest absolute Gasteiger partial charge is 0.433 e. The van der Waals surface area contributed by atoms with Crippen LogP contribution in [-0.2, 0) is 6.18 Å². The van der Waals surface area contributed by atoms with Gasteiger partial charge in [0, 0.05) is 18.6 Å². The molecule has 1 aliphatic carbocycles. The van der Waals surface area contributed by atoms with Crippen LogP contribution in [0.4, 0.5) is 25.1 Å². The van der Waals surface area contributed by atoms with Crippen LogP contribution in [0, 0.1) is 5.92 Å². The van der Waals surface area contributed by atoms with E-state index >= 15 is 0 Å². The average molecular weight is 450 g/mol. The number of anilines is 2. The Kier molecular flexibility index (Phi) is 6.78. The fraction of sp³-hybridized carbons (Fsp3) is 0.636. The second kappa shape index (κ2) is 9.56. The molecule has 1 saturated heterocycles. The number of hydrogen-bond donors (Lipinski definition) is 2. The minimum absolute atomic E-state index is 0.0658. The fourth-order valence-corrected chi connectivity index (χ4v) is 4.05. The van der Waals surface area contributed by atoms with Crippen LogP contribution in [0.3, 0.4) is 0 Å². The van der Waals surface area contributed by atoms with Crippen molar-refractivity contribution < 1.29 is 13.2 Å². The minimum Gasteiger partial charge on any atom is -0.351 e. The minimum atomic E-state index is -4.53. The van der Waals surface area contributed by atoms with E-state index in [0.717, 1.165) is 38.5 Å². The summed E-state index contributed by atoms with van der Waals surface area (Å²) in [6, 6.07) is 4.00. The third-order valence-corrected chi connectivity index (χ3v) is 5.95. The smallest absolute Gasteiger partial charge is 0.351 e. The number of piperidine rings is 1. The highest BCUT2D eigenvalue weighted by Crippen LogP contribution is 2.34. The normalized spacial score (nSPS) is 19.4. The van der Waals surface area contributed by atoms with Crippen LogP contribution in [0.25, 0.3) is 11.5 Å². The summed E-state index contributed by atoms with van der Waals surface area (Å²) in [7, 11) is 0. The third-order valence-electron chi connectivity index (χ3n) is 5.95. The zero-order valence-electron chi connectivity index (χ0n) is 18.5. The Labute approximate surface area is 186 Å². The van der Waals surface area contributed by atoms with Crippen molar-refractivity contribution in [1.29, 1.82) is 0 Å². The van der Waals surface area contributed by atoms with Gasteiger partial charge in [0.1, 0.15) is 11.4 Å². The quantitative estimate of drug-likeness (QED) is 0.616. The van der Waals surface area contributed by atoms with Gasteiger partial charge in [0.2, 0.25) is 11.9 Å². The summed E-state index contributed by atoms with van der Waals surface area (Å²) in [4.78, 5) is 19.5. The molecule has 0 amide bonds. The number of nitrogens with one attached hydrogen (secondary N) is 2. The summed E-state index contributed by atoms with van der Waals surface area (Å²) in [5.41, 5.74) is -0.902. The molecule has 1 saturated carbocycles. The molecule has 7 nitrogen and oxygen atoms in total. The number of likely N-dealkylation sites (tertiary alicyclic amines) is 1. The van der Waals surface area contributed by atoms with Crippen LogP contribution in [-0.4, -0.2) is 56.6 Å². The predicted molar refractivity (Wildman–Crippen MR) is 117 cm³/mol. The Balaban J connectivity index is 1.57. The Morgan fingerprint density at radius 1 is 0.969 bits per heavy atom. The molecule has 2 atom stereocenters. The first-order chi connectivity index (χ1) is 15.3. The lowest BCUT2D eigenvalue weighted by Crippen LogP contribution is -2.38. The van der Waals surface area contributed by atoms with Crippen LogP contribution in [0.2, 0.25) is 0 Å². The molecule has 2 unspecified atom stereocenters. The molecule has 0 aromatic carbocycles. The van der Waals surface area contributed by atoms with E-state index in [1.807, 2.05) is 0 Å². The van der Waals surface area contributed by atoms with Crippen molar-refractivity contribution in [3.63, 3.8) is 0 Å². The molecule has 174 valence electrons. The molecular formula is C22H30F3N7. The van der Waals surface area contributed by atoms with Crippen molar-refractivity contribution in [1.82, 2.24) is 24.8 Å². The van der Waals surface area contributed by atoms with E-state index in [1.54, 1.807) is 0 Å². The zero-order chi connectivity index (χ0) is 22.7. The van der Waals surface area contributed by atoms with E-state index in [9.17, 15) is 13.2 Å². The van der Waals surface area contributed by atoms with Crippen molar-refractivity contribution in [2.75, 3.05) is 30.3 Å². The molecule has 2 aromatic rings. The van der Waals surface area contributed by atoms with Gasteiger partial charge in [-0.3, -0.25) is 0 Å². The zero-order valence-corrected chi connectivity index (χ0v) is 18.5. The standard InChI is InChI=1S/C22H30F3N7/c1-14(13-32-11-4-3-5-12-32)26-20-29-19(17-7-6-8-18(28-17)22(23,24)25)30-21(31-20)27-15(2)16-9-10-16/h6-8,14-16H,3-5,9-13H2,1-2H3,(H2,26,27,29,30,31). The molecule has 3 heterocycles. The van der Waals surface area contributed by atoms with Crippen molar-refractivity contribution in [3.8, 4) is 11.5 Å². The Morgan fingerprint density at radius 2 is 1.66 bits per heavy atom. The molecule has 4 rings (SSSR count). The van der Waals surface area contributed by atoms with Gasteiger partial charge in [-0.25, -0.2) is 4.98 Å². The number of nitrogens with zero attached hydrogens (tertiary/aromatic N) is 5. The van der Waals surface area contributed by atoms with Crippen molar-refractivity contribution in [2.45, 2.75) is 64.2 Å². The maximum absolute atomic E-state index is 13.2. The Hall–Kier alpha value is -2.49. The summed E-state index contributed by atoms with van der Waals surface area (Å²) in [5, 5.41) is 6.60. The topological polar surface area (TPSA) is 78.9 Å². The molecule has 32 heavy (non-hydrogen) atoms. The Bertz CT molecular complexity index is 911. The maximum Gasteiger partial charge on any atom is 0.433 e. The highest BCUT2D eigenvalue weighted by molar-refractivity contribution is 5.54. The summed E-state index contributed by atoms with van der Waals surface area (Å²) in [6.45, 7) is 7.13. The summed E-state index contributed by atoms with van der Waals surface area (Å²) in [6.07, 6.45) is 1.45. The molecule has 2 N–H and O–H groups in total. The molecule has 10 heteroatoms. The molecule has 2 aromatic heterocycles. The van der Waals surface area contributed by atoms with Gasteiger partial charge in [-0.05, 0) is 70.7 Å². The fourth-order valence-electron chi connectivity index (χ4n) is 4.05. The molecular weight excluding hydrogens is 419 g/mol. The average Bonchev–Trinajstić information content (AvgIpc) is 3.59. The molecule has 1 aliphatic heterocycles. The van der Waals surface area contributed by atoms with E-state index in [4.69, 9.17) is 0 Å². The van der Waals surface area contributed by atoms with Gasteiger partial charge in [0.15, 0.2) is 5.82 Å². The van der Waals surface area contributed by atoms with Crippen LogP contribution < -0.4 is 10.6 Å². The number of halogens is 3. The van der Waals surface area contributed by atoms with Crippen molar-refractivity contribution in [3.05, 3.63) is 23.9 Å². The maximum atomic E-state index is 13.2. The van der Waals surface area contributed by atoms with Gasteiger partial charge in [0.05, 0.1) is 0 Å². The number of hydrogen-bond acceptors (Lipinski definition) is 7. The van der Waals surface area contributed by atoms with E-state index in [2.05, 4.69) is 49.3 Å². The first-order valence-corrected chi connectivity index (χ1v) is 11.3. The van der Waals surface area contributed by atoms with Crippen molar-refractivity contribution >= 4 is 11.9 Å². The van der Waals surface area contributed by atoms with Gasteiger partial charge in [-0.2, -0.15) is 28.1 Å². The van der Waals surface area contributed by atoms with E-state index in [1.165, 1.54) is 31.4 Å². The molecule has 0 radical (unpaired) electrons. The van der Waals surface area contributed by atoms with Crippen molar-refractivity contribution in [2.24, 2.45) is 5.92 Å². The lowest BCUT2D eigenvalue weighted by Gasteiger charge is -2.29. The van der Waals surface area contributed by atoms with E-state index in [-0.39, 0.29) is 23.6 Å². The monoisotopic (exact) mass is 449 g/mol.